The third kappa shape index (κ3) is 3.57. The number of fused-ring (bicyclic) bond motifs is 1. The van der Waals surface area contributed by atoms with E-state index in [1.54, 1.807) is 0 Å². The Morgan fingerprint density at radius 1 is 1.15 bits per heavy atom. The fraction of sp³-hybridized carbons (Fsp3) is 0.381. The lowest BCUT2D eigenvalue weighted by atomic mass is 9.98. The van der Waals surface area contributed by atoms with Gasteiger partial charge >= 0.3 is 0 Å². The molecule has 2 aromatic carbocycles. The molecule has 3 atom stereocenters. The van der Waals surface area contributed by atoms with E-state index in [1.165, 1.54) is 0 Å². The third-order valence-corrected chi connectivity index (χ3v) is 5.81. The molecule has 1 heterocycles. The van der Waals surface area contributed by atoms with Crippen LogP contribution in [-0.4, -0.2) is 29.9 Å². The second-order valence-corrected chi connectivity index (χ2v) is 7.76. The van der Waals surface area contributed by atoms with Crippen LogP contribution in [0.5, 0.6) is 5.75 Å². The minimum absolute atomic E-state index is 0.0693. The Labute approximate surface area is 158 Å². The van der Waals surface area contributed by atoms with Gasteiger partial charge in [0.25, 0.3) is 5.91 Å². The molecule has 2 aromatic rings. The van der Waals surface area contributed by atoms with E-state index in [4.69, 9.17) is 22.1 Å². The standard InChI is InChI=1S/C21H23ClN2O2/c22-17-5-1-3-14(9-17)13-26-18-6-2-4-15(10-18)21(25)24-11-16-7-8-20(23)19(16)12-24/h1-6,9-10,16,19-20H,7-8,11-13,23H2. The molecule has 0 aromatic heterocycles. The fourth-order valence-corrected chi connectivity index (χ4v) is 4.38. The number of rotatable bonds is 4. The number of nitrogens with zero attached hydrogens (tertiary/aromatic N) is 1. The van der Waals surface area contributed by atoms with E-state index in [-0.39, 0.29) is 11.9 Å². The van der Waals surface area contributed by atoms with Crippen LogP contribution in [0.1, 0.15) is 28.8 Å². The number of hydrogen-bond acceptors (Lipinski definition) is 3. The summed E-state index contributed by atoms with van der Waals surface area (Å²) in [6.45, 7) is 2.02. The van der Waals surface area contributed by atoms with Gasteiger partial charge in [-0.1, -0.05) is 29.8 Å². The highest BCUT2D eigenvalue weighted by atomic mass is 35.5. The lowest BCUT2D eigenvalue weighted by Gasteiger charge is -2.19. The van der Waals surface area contributed by atoms with Crippen molar-refractivity contribution in [1.82, 2.24) is 4.90 Å². The van der Waals surface area contributed by atoms with Gasteiger partial charge in [-0.25, -0.2) is 0 Å². The summed E-state index contributed by atoms with van der Waals surface area (Å²) in [5, 5.41) is 0.688. The summed E-state index contributed by atoms with van der Waals surface area (Å²) >= 11 is 6.00. The van der Waals surface area contributed by atoms with Crippen LogP contribution in [0, 0.1) is 11.8 Å². The van der Waals surface area contributed by atoms with Gasteiger partial charge in [0.2, 0.25) is 0 Å². The maximum atomic E-state index is 12.9. The van der Waals surface area contributed by atoms with Crippen LogP contribution in [0.3, 0.4) is 0 Å². The molecule has 1 aliphatic heterocycles. The smallest absolute Gasteiger partial charge is 0.254 e. The van der Waals surface area contributed by atoms with Crippen LogP contribution in [0.25, 0.3) is 0 Å². The van der Waals surface area contributed by atoms with Crippen molar-refractivity contribution in [3.8, 4) is 5.75 Å². The summed E-state index contributed by atoms with van der Waals surface area (Å²) < 4.78 is 5.84. The van der Waals surface area contributed by atoms with E-state index in [9.17, 15) is 4.79 Å². The maximum absolute atomic E-state index is 12.9. The molecule has 0 spiro atoms. The molecule has 1 amide bonds. The second kappa shape index (κ2) is 7.29. The number of nitrogens with two attached hydrogens (primary N) is 1. The van der Waals surface area contributed by atoms with Crippen molar-refractivity contribution in [3.63, 3.8) is 0 Å². The van der Waals surface area contributed by atoms with Gasteiger partial charge in [-0.15, -0.1) is 0 Å². The topological polar surface area (TPSA) is 55.6 Å². The van der Waals surface area contributed by atoms with E-state index in [1.807, 2.05) is 53.4 Å². The van der Waals surface area contributed by atoms with Crippen LogP contribution in [0.4, 0.5) is 0 Å². The van der Waals surface area contributed by atoms with Crippen LogP contribution in [0.2, 0.25) is 5.02 Å². The molecular formula is C21H23ClN2O2. The number of amides is 1. The molecule has 0 bridgehead atoms. The molecule has 136 valence electrons. The van der Waals surface area contributed by atoms with Crippen molar-refractivity contribution < 1.29 is 9.53 Å². The number of benzene rings is 2. The van der Waals surface area contributed by atoms with Crippen LogP contribution >= 0.6 is 11.6 Å². The molecule has 4 nitrogen and oxygen atoms in total. The van der Waals surface area contributed by atoms with E-state index < -0.39 is 0 Å². The summed E-state index contributed by atoms with van der Waals surface area (Å²) in [6, 6.07) is 15.2. The lowest BCUT2D eigenvalue weighted by Crippen LogP contribution is -2.33. The molecule has 2 N–H and O–H groups in total. The number of hydrogen-bond donors (Lipinski definition) is 1. The zero-order chi connectivity index (χ0) is 18.1. The van der Waals surface area contributed by atoms with Gasteiger partial charge in [-0.2, -0.15) is 0 Å². The molecule has 1 saturated carbocycles. The van der Waals surface area contributed by atoms with Crippen molar-refractivity contribution in [3.05, 3.63) is 64.7 Å². The Morgan fingerprint density at radius 2 is 2.00 bits per heavy atom. The highest BCUT2D eigenvalue weighted by Crippen LogP contribution is 2.37. The molecule has 2 aliphatic rings. The minimum atomic E-state index is 0.0693. The van der Waals surface area contributed by atoms with Crippen LogP contribution in [-0.2, 0) is 6.61 Å². The maximum Gasteiger partial charge on any atom is 0.254 e. The molecule has 26 heavy (non-hydrogen) atoms. The van der Waals surface area contributed by atoms with Crippen LogP contribution < -0.4 is 10.5 Å². The van der Waals surface area contributed by atoms with Crippen molar-refractivity contribution in [2.24, 2.45) is 17.6 Å². The van der Waals surface area contributed by atoms with Gasteiger partial charge < -0.3 is 15.4 Å². The number of carbonyl (C=O) groups excluding carboxylic acids is 1. The van der Waals surface area contributed by atoms with Gasteiger partial charge in [0.1, 0.15) is 12.4 Å². The molecule has 5 heteroatoms. The zero-order valence-corrected chi connectivity index (χ0v) is 15.4. The minimum Gasteiger partial charge on any atom is -0.489 e. The second-order valence-electron chi connectivity index (χ2n) is 7.32. The van der Waals surface area contributed by atoms with Crippen molar-refractivity contribution >= 4 is 17.5 Å². The largest absolute Gasteiger partial charge is 0.489 e. The first-order chi connectivity index (χ1) is 12.6. The SMILES string of the molecule is NC1CCC2CN(C(=O)c3cccc(OCc4cccc(Cl)c4)c3)CC12. The number of likely N-dealkylation sites (tertiary alicyclic amines) is 1. The number of halogens is 1. The molecule has 4 rings (SSSR count). The third-order valence-electron chi connectivity index (χ3n) is 5.58. The molecule has 1 saturated heterocycles. The molecule has 2 fully saturated rings. The lowest BCUT2D eigenvalue weighted by molar-refractivity contribution is 0.0779. The number of ether oxygens (including phenoxy) is 1. The summed E-state index contributed by atoms with van der Waals surface area (Å²) in [5.41, 5.74) is 7.85. The van der Waals surface area contributed by atoms with Gasteiger partial charge in [0.15, 0.2) is 0 Å². The Bertz CT molecular complexity index is 810. The van der Waals surface area contributed by atoms with Crippen molar-refractivity contribution in [1.29, 1.82) is 0 Å². The zero-order valence-electron chi connectivity index (χ0n) is 14.6. The Kier molecular flexibility index (Phi) is 4.88. The average Bonchev–Trinajstić information content (AvgIpc) is 3.22. The Morgan fingerprint density at radius 3 is 2.81 bits per heavy atom. The molecule has 1 aliphatic carbocycles. The monoisotopic (exact) mass is 370 g/mol. The van der Waals surface area contributed by atoms with E-state index in [0.717, 1.165) is 31.5 Å². The highest BCUT2D eigenvalue weighted by Gasteiger charge is 2.42. The van der Waals surface area contributed by atoms with E-state index in [2.05, 4.69) is 0 Å². The van der Waals surface area contributed by atoms with E-state index >= 15 is 0 Å². The van der Waals surface area contributed by atoms with Crippen molar-refractivity contribution in [2.45, 2.75) is 25.5 Å². The molecular weight excluding hydrogens is 348 g/mol. The highest BCUT2D eigenvalue weighted by molar-refractivity contribution is 6.30. The summed E-state index contributed by atoms with van der Waals surface area (Å²) in [4.78, 5) is 14.8. The Hall–Kier alpha value is -2.04. The summed E-state index contributed by atoms with van der Waals surface area (Å²) in [5.74, 6) is 1.78. The predicted molar refractivity (Wildman–Crippen MR) is 102 cm³/mol. The normalized spacial score (nSPS) is 24.5. The summed E-state index contributed by atoms with van der Waals surface area (Å²) in [7, 11) is 0. The van der Waals surface area contributed by atoms with Gasteiger partial charge in [-0.3, -0.25) is 4.79 Å². The fourth-order valence-electron chi connectivity index (χ4n) is 4.17. The average molecular weight is 371 g/mol. The van der Waals surface area contributed by atoms with Gasteiger partial charge in [0, 0.05) is 29.7 Å². The van der Waals surface area contributed by atoms with Crippen molar-refractivity contribution in [2.75, 3.05) is 13.1 Å². The first-order valence-corrected chi connectivity index (χ1v) is 9.50. The molecule has 0 radical (unpaired) electrons. The number of carbonyl (C=O) groups is 1. The first kappa shape index (κ1) is 17.4. The van der Waals surface area contributed by atoms with Gasteiger partial charge in [-0.05, 0) is 60.6 Å². The van der Waals surface area contributed by atoms with E-state index in [0.29, 0.717) is 34.8 Å². The quantitative estimate of drug-likeness (QED) is 0.892. The van der Waals surface area contributed by atoms with Gasteiger partial charge in [0.05, 0.1) is 0 Å². The van der Waals surface area contributed by atoms with Crippen LogP contribution in [0.15, 0.2) is 48.5 Å². The Balaban J connectivity index is 1.41. The predicted octanol–water partition coefficient (Wildman–Crippen LogP) is 3.73. The first-order valence-electron chi connectivity index (χ1n) is 9.12. The summed E-state index contributed by atoms with van der Waals surface area (Å²) in [6.07, 6.45) is 2.22. The molecule has 3 unspecified atom stereocenters.